The third-order valence-electron chi connectivity index (χ3n) is 5.34. The topological polar surface area (TPSA) is 78.9 Å². The van der Waals surface area contributed by atoms with Crippen LogP contribution in [0.5, 0.6) is 0 Å². The van der Waals surface area contributed by atoms with Crippen LogP contribution in [-0.2, 0) is 14.3 Å². The van der Waals surface area contributed by atoms with Crippen LogP contribution in [0.3, 0.4) is 0 Å². The molecule has 0 aromatic heterocycles. The number of halogens is 2. The summed E-state index contributed by atoms with van der Waals surface area (Å²) >= 11 is 12.2. The fourth-order valence-corrected chi connectivity index (χ4v) is 4.26. The largest absolute Gasteiger partial charge is 0.480 e. The molecule has 0 spiro atoms. The first-order chi connectivity index (χ1) is 14.9. The highest BCUT2D eigenvalue weighted by molar-refractivity contribution is 6.30. The highest BCUT2D eigenvalue weighted by Crippen LogP contribution is 2.42. The van der Waals surface area contributed by atoms with E-state index in [-0.39, 0.29) is 31.1 Å². The minimum atomic E-state index is -0.933. The maximum atomic E-state index is 13.1. The van der Waals surface area contributed by atoms with E-state index in [1.807, 2.05) is 36.1 Å². The molecule has 0 saturated carbocycles. The first-order valence-corrected chi connectivity index (χ1v) is 11.0. The fourth-order valence-electron chi connectivity index (χ4n) is 4.00. The second-order valence-electron chi connectivity index (χ2n) is 7.55. The molecule has 0 aliphatic carbocycles. The summed E-state index contributed by atoms with van der Waals surface area (Å²) in [5, 5.41) is 13.2. The standard InChI is InChI=1S/C23H26Cl2N2O4/c1-2-3-19(12-26-13-21(29)30)27-20(28)14-31-23(16-6-10-18(25)11-7-16)22(27)15-4-8-17(24)9-5-15/h4-11,19,22-23,26H,2-3,12-14H2,1H3,(H,29,30)/t19-,22+,23-/m0/s1. The summed E-state index contributed by atoms with van der Waals surface area (Å²) < 4.78 is 6.03. The third kappa shape index (κ3) is 5.98. The van der Waals surface area contributed by atoms with Crippen molar-refractivity contribution in [2.45, 2.75) is 38.0 Å². The molecule has 2 aromatic carbocycles. The van der Waals surface area contributed by atoms with Crippen molar-refractivity contribution in [3.8, 4) is 0 Å². The molecule has 3 atom stereocenters. The number of amides is 1. The number of carboxylic acid groups (broad SMARTS) is 1. The number of hydrogen-bond acceptors (Lipinski definition) is 4. The first-order valence-electron chi connectivity index (χ1n) is 10.3. The van der Waals surface area contributed by atoms with Gasteiger partial charge in [0.15, 0.2) is 0 Å². The summed E-state index contributed by atoms with van der Waals surface area (Å²) in [5.41, 5.74) is 1.81. The molecular formula is C23H26Cl2N2O4. The minimum absolute atomic E-state index is 0.0451. The second kappa shape index (κ2) is 11.0. The Labute approximate surface area is 192 Å². The van der Waals surface area contributed by atoms with Crippen molar-refractivity contribution in [1.82, 2.24) is 10.2 Å². The lowest BCUT2D eigenvalue weighted by molar-refractivity contribution is -0.163. The molecule has 1 aliphatic heterocycles. The van der Waals surface area contributed by atoms with Crippen LogP contribution >= 0.6 is 23.2 Å². The summed E-state index contributed by atoms with van der Waals surface area (Å²) in [5.74, 6) is -1.06. The van der Waals surface area contributed by atoms with Gasteiger partial charge < -0.3 is 20.1 Å². The molecule has 0 bridgehead atoms. The number of aliphatic carboxylic acids is 1. The van der Waals surface area contributed by atoms with Crippen LogP contribution in [0.1, 0.15) is 43.0 Å². The van der Waals surface area contributed by atoms with Crippen LogP contribution in [0, 0.1) is 0 Å². The molecule has 0 radical (unpaired) electrons. The Morgan fingerprint density at radius 3 is 2.26 bits per heavy atom. The number of morpholine rings is 1. The summed E-state index contributed by atoms with van der Waals surface area (Å²) in [6.45, 7) is 2.22. The fraction of sp³-hybridized carbons (Fsp3) is 0.391. The number of carboxylic acids is 1. The van der Waals surface area contributed by atoms with Crippen LogP contribution in [0.4, 0.5) is 0 Å². The van der Waals surface area contributed by atoms with E-state index in [4.69, 9.17) is 33.0 Å². The maximum absolute atomic E-state index is 13.1. The lowest BCUT2D eigenvalue weighted by Crippen LogP contribution is -2.54. The zero-order valence-electron chi connectivity index (χ0n) is 17.3. The average Bonchev–Trinajstić information content (AvgIpc) is 2.74. The molecule has 1 fully saturated rings. The molecule has 8 heteroatoms. The van der Waals surface area contributed by atoms with E-state index in [0.29, 0.717) is 16.6 Å². The minimum Gasteiger partial charge on any atom is -0.480 e. The van der Waals surface area contributed by atoms with Gasteiger partial charge in [0.05, 0.1) is 12.6 Å². The highest BCUT2D eigenvalue weighted by atomic mass is 35.5. The van der Waals surface area contributed by atoms with Crippen molar-refractivity contribution >= 4 is 35.1 Å². The SMILES string of the molecule is CCC[C@@H](CNCC(=O)O)N1C(=O)CO[C@@H](c2ccc(Cl)cc2)[C@H]1c1ccc(Cl)cc1. The number of nitrogens with zero attached hydrogens (tertiary/aromatic N) is 1. The van der Waals surface area contributed by atoms with Gasteiger partial charge in [-0.1, -0.05) is 60.8 Å². The van der Waals surface area contributed by atoms with Crippen LogP contribution < -0.4 is 5.32 Å². The Balaban J connectivity index is 2.01. The lowest BCUT2D eigenvalue weighted by Gasteiger charge is -2.45. The first kappa shape index (κ1) is 23.5. The van der Waals surface area contributed by atoms with E-state index in [9.17, 15) is 9.59 Å². The maximum Gasteiger partial charge on any atom is 0.317 e. The molecule has 0 unspecified atom stereocenters. The van der Waals surface area contributed by atoms with Crippen LogP contribution in [-0.4, -0.2) is 47.6 Å². The molecule has 1 aliphatic rings. The molecule has 6 nitrogen and oxygen atoms in total. The number of hydrogen-bond donors (Lipinski definition) is 2. The summed E-state index contributed by atoms with van der Waals surface area (Å²) in [4.78, 5) is 25.9. The molecule has 2 aromatic rings. The normalized spacial score (nSPS) is 20.0. The van der Waals surface area contributed by atoms with Gasteiger partial charge >= 0.3 is 5.97 Å². The molecule has 31 heavy (non-hydrogen) atoms. The van der Waals surface area contributed by atoms with E-state index < -0.39 is 12.1 Å². The quantitative estimate of drug-likeness (QED) is 0.571. The van der Waals surface area contributed by atoms with Gasteiger partial charge in [-0.05, 0) is 41.8 Å². The predicted molar refractivity (Wildman–Crippen MR) is 120 cm³/mol. The van der Waals surface area contributed by atoms with E-state index >= 15 is 0 Å². The van der Waals surface area contributed by atoms with Crippen molar-refractivity contribution in [2.75, 3.05) is 19.7 Å². The van der Waals surface area contributed by atoms with Crippen LogP contribution in [0.2, 0.25) is 10.0 Å². The summed E-state index contributed by atoms with van der Waals surface area (Å²) in [6.07, 6.45) is 1.19. The highest BCUT2D eigenvalue weighted by Gasteiger charge is 2.41. The molecule has 166 valence electrons. The number of rotatable bonds is 9. The van der Waals surface area contributed by atoms with E-state index in [0.717, 1.165) is 24.0 Å². The van der Waals surface area contributed by atoms with E-state index in [1.165, 1.54) is 0 Å². The smallest absolute Gasteiger partial charge is 0.317 e. The molecule has 2 N–H and O–H groups in total. The van der Waals surface area contributed by atoms with Crippen LogP contribution in [0.15, 0.2) is 48.5 Å². The van der Waals surface area contributed by atoms with Crippen LogP contribution in [0.25, 0.3) is 0 Å². The van der Waals surface area contributed by atoms with Gasteiger partial charge in [0.25, 0.3) is 0 Å². The molecule has 1 saturated heterocycles. The van der Waals surface area contributed by atoms with E-state index in [2.05, 4.69) is 5.32 Å². The predicted octanol–water partition coefficient (Wildman–Crippen LogP) is 4.48. The Hall–Kier alpha value is -2.12. The van der Waals surface area contributed by atoms with Gasteiger partial charge in [-0.2, -0.15) is 0 Å². The van der Waals surface area contributed by atoms with Gasteiger partial charge in [-0.3, -0.25) is 9.59 Å². The summed E-state index contributed by atoms with van der Waals surface area (Å²) in [7, 11) is 0. The third-order valence-corrected chi connectivity index (χ3v) is 5.85. The molecule has 1 amide bonds. The average molecular weight is 465 g/mol. The number of ether oxygens (including phenoxy) is 1. The number of carbonyl (C=O) groups is 2. The van der Waals surface area contributed by atoms with Crippen molar-refractivity contribution < 1.29 is 19.4 Å². The van der Waals surface area contributed by atoms with Crippen molar-refractivity contribution in [2.24, 2.45) is 0 Å². The van der Waals surface area contributed by atoms with Gasteiger partial charge in [0.1, 0.15) is 12.7 Å². The number of benzene rings is 2. The molecular weight excluding hydrogens is 439 g/mol. The van der Waals surface area contributed by atoms with Gasteiger partial charge in [0.2, 0.25) is 5.91 Å². The number of carbonyl (C=O) groups excluding carboxylic acids is 1. The summed E-state index contributed by atoms with van der Waals surface area (Å²) in [6, 6.07) is 14.2. The Morgan fingerprint density at radius 1 is 1.13 bits per heavy atom. The van der Waals surface area contributed by atoms with Gasteiger partial charge in [-0.15, -0.1) is 0 Å². The van der Waals surface area contributed by atoms with Crippen molar-refractivity contribution in [3.05, 3.63) is 69.7 Å². The lowest BCUT2D eigenvalue weighted by atomic mass is 9.90. The zero-order chi connectivity index (χ0) is 22.4. The Bertz CT molecular complexity index is 889. The molecule has 1 heterocycles. The number of nitrogens with one attached hydrogen (secondary N) is 1. The second-order valence-corrected chi connectivity index (χ2v) is 8.42. The van der Waals surface area contributed by atoms with Crippen molar-refractivity contribution in [3.63, 3.8) is 0 Å². The Morgan fingerprint density at radius 2 is 1.71 bits per heavy atom. The van der Waals surface area contributed by atoms with Gasteiger partial charge in [-0.25, -0.2) is 0 Å². The Kier molecular flexibility index (Phi) is 8.32. The van der Waals surface area contributed by atoms with Gasteiger partial charge in [0, 0.05) is 22.6 Å². The zero-order valence-corrected chi connectivity index (χ0v) is 18.8. The van der Waals surface area contributed by atoms with Crippen molar-refractivity contribution in [1.29, 1.82) is 0 Å². The molecule has 3 rings (SSSR count). The van der Waals surface area contributed by atoms with E-state index in [1.54, 1.807) is 24.3 Å². The monoisotopic (exact) mass is 464 g/mol.